The molecule has 0 atom stereocenters. The van der Waals surface area contributed by atoms with Crippen molar-refractivity contribution >= 4 is 12.4 Å². The van der Waals surface area contributed by atoms with E-state index in [4.69, 9.17) is 10.3 Å². The zero-order valence-electron chi connectivity index (χ0n) is 10.4. The Labute approximate surface area is 111 Å². The van der Waals surface area contributed by atoms with Gasteiger partial charge in [0.15, 0.2) is 0 Å². The van der Waals surface area contributed by atoms with Crippen LogP contribution in [0.25, 0.3) is 11.4 Å². The number of hydrogen-bond acceptors (Lipinski definition) is 4. The van der Waals surface area contributed by atoms with E-state index in [1.807, 2.05) is 0 Å². The van der Waals surface area contributed by atoms with Gasteiger partial charge in [-0.2, -0.15) is 4.98 Å². The Hall–Kier alpha value is -1.46. The van der Waals surface area contributed by atoms with Crippen LogP contribution in [0.2, 0.25) is 0 Å². The van der Waals surface area contributed by atoms with E-state index in [0.29, 0.717) is 22.8 Å². The molecule has 4 nitrogen and oxygen atoms in total. The second-order valence-electron chi connectivity index (χ2n) is 4.61. The number of aryl methyl sites for hydroxylation is 1. The smallest absolute Gasteiger partial charge is 0.246 e. The van der Waals surface area contributed by atoms with Gasteiger partial charge in [0.25, 0.3) is 0 Å². The lowest BCUT2D eigenvalue weighted by atomic mass is 10.1. The third kappa shape index (κ3) is 2.86. The number of aromatic nitrogens is 2. The molecule has 0 saturated heterocycles. The maximum absolute atomic E-state index is 13.1. The zero-order chi connectivity index (χ0) is 12.6. The van der Waals surface area contributed by atoms with Gasteiger partial charge in [0.05, 0.1) is 5.54 Å². The lowest BCUT2D eigenvalue weighted by Gasteiger charge is -2.10. The highest BCUT2D eigenvalue weighted by Crippen LogP contribution is 2.22. The summed E-state index contributed by atoms with van der Waals surface area (Å²) in [6, 6.07) is 4.67. The van der Waals surface area contributed by atoms with E-state index < -0.39 is 5.54 Å². The molecule has 0 amide bonds. The first kappa shape index (κ1) is 14.6. The Bertz CT molecular complexity index is 548. The third-order valence-corrected chi connectivity index (χ3v) is 2.39. The molecule has 0 unspecified atom stereocenters. The quantitative estimate of drug-likeness (QED) is 0.912. The predicted molar refractivity (Wildman–Crippen MR) is 68.9 cm³/mol. The molecule has 2 N–H and O–H groups in total. The molecule has 0 aliphatic heterocycles. The van der Waals surface area contributed by atoms with Crippen LogP contribution in [-0.4, -0.2) is 10.1 Å². The molecule has 0 aliphatic carbocycles. The largest absolute Gasteiger partial charge is 0.337 e. The first-order chi connectivity index (χ1) is 7.88. The third-order valence-electron chi connectivity index (χ3n) is 2.39. The molecule has 0 bridgehead atoms. The standard InChI is InChI=1S/C12H14FN3O.ClH/c1-7-6-8(4-5-9(7)13)10-15-11(17-16-10)12(2,3)14;/h4-6H,14H2,1-3H3;1H. The minimum absolute atomic E-state index is 0. The van der Waals surface area contributed by atoms with Crippen molar-refractivity contribution in [3.05, 3.63) is 35.5 Å². The summed E-state index contributed by atoms with van der Waals surface area (Å²) in [6.45, 7) is 5.24. The molecule has 2 aromatic rings. The number of nitrogens with two attached hydrogens (primary N) is 1. The number of halogens is 2. The summed E-state index contributed by atoms with van der Waals surface area (Å²) in [6.07, 6.45) is 0. The van der Waals surface area contributed by atoms with Crippen molar-refractivity contribution < 1.29 is 8.91 Å². The van der Waals surface area contributed by atoms with Gasteiger partial charge < -0.3 is 10.3 Å². The van der Waals surface area contributed by atoms with Crippen LogP contribution >= 0.6 is 12.4 Å². The summed E-state index contributed by atoms with van der Waals surface area (Å²) >= 11 is 0. The van der Waals surface area contributed by atoms with Gasteiger partial charge in [-0.1, -0.05) is 5.16 Å². The lowest BCUT2D eigenvalue weighted by molar-refractivity contribution is 0.312. The molecule has 0 aliphatic rings. The molecule has 98 valence electrons. The van der Waals surface area contributed by atoms with Crippen molar-refractivity contribution in [3.63, 3.8) is 0 Å². The highest BCUT2D eigenvalue weighted by molar-refractivity contribution is 5.85. The summed E-state index contributed by atoms with van der Waals surface area (Å²) in [4.78, 5) is 4.20. The van der Waals surface area contributed by atoms with Crippen molar-refractivity contribution in [1.82, 2.24) is 10.1 Å². The fourth-order valence-corrected chi connectivity index (χ4v) is 1.39. The van der Waals surface area contributed by atoms with Gasteiger partial charge in [0.1, 0.15) is 5.82 Å². The van der Waals surface area contributed by atoms with E-state index in [1.165, 1.54) is 6.07 Å². The van der Waals surface area contributed by atoms with Crippen molar-refractivity contribution in [2.24, 2.45) is 5.73 Å². The molecule has 0 radical (unpaired) electrons. The van der Waals surface area contributed by atoms with Crippen LogP contribution in [0.5, 0.6) is 0 Å². The molecule has 0 spiro atoms. The second-order valence-corrected chi connectivity index (χ2v) is 4.61. The zero-order valence-corrected chi connectivity index (χ0v) is 11.2. The molecular weight excluding hydrogens is 257 g/mol. The van der Waals surface area contributed by atoms with Gasteiger partial charge in [0.2, 0.25) is 11.7 Å². The summed E-state index contributed by atoms with van der Waals surface area (Å²) in [5.74, 6) is 0.521. The average molecular weight is 272 g/mol. The molecule has 18 heavy (non-hydrogen) atoms. The summed E-state index contributed by atoms with van der Waals surface area (Å²) in [5, 5.41) is 3.84. The van der Waals surface area contributed by atoms with E-state index in [0.717, 1.165) is 0 Å². The van der Waals surface area contributed by atoms with Crippen molar-refractivity contribution in [2.45, 2.75) is 26.3 Å². The van der Waals surface area contributed by atoms with E-state index in [1.54, 1.807) is 32.9 Å². The van der Waals surface area contributed by atoms with Gasteiger partial charge in [-0.15, -0.1) is 12.4 Å². The molecule has 6 heteroatoms. The first-order valence-electron chi connectivity index (χ1n) is 5.27. The molecule has 1 heterocycles. The first-order valence-corrected chi connectivity index (χ1v) is 5.27. The number of nitrogens with zero attached hydrogens (tertiary/aromatic N) is 2. The fourth-order valence-electron chi connectivity index (χ4n) is 1.39. The molecule has 0 fully saturated rings. The minimum Gasteiger partial charge on any atom is -0.337 e. The van der Waals surface area contributed by atoms with Crippen molar-refractivity contribution in [3.8, 4) is 11.4 Å². The van der Waals surface area contributed by atoms with Gasteiger partial charge in [-0.3, -0.25) is 0 Å². The van der Waals surface area contributed by atoms with Crippen LogP contribution in [0.3, 0.4) is 0 Å². The van der Waals surface area contributed by atoms with Crippen LogP contribution in [0.15, 0.2) is 22.7 Å². The number of rotatable bonds is 2. The highest BCUT2D eigenvalue weighted by Gasteiger charge is 2.22. The maximum Gasteiger partial charge on any atom is 0.246 e. The Kier molecular flexibility index (Phi) is 4.09. The molecule has 2 rings (SSSR count). The number of benzene rings is 1. The Balaban J connectivity index is 0.00000162. The van der Waals surface area contributed by atoms with Crippen LogP contribution in [0, 0.1) is 12.7 Å². The lowest BCUT2D eigenvalue weighted by Crippen LogP contribution is -2.28. The van der Waals surface area contributed by atoms with E-state index in [-0.39, 0.29) is 18.2 Å². The van der Waals surface area contributed by atoms with E-state index in [9.17, 15) is 4.39 Å². The molecule has 1 aromatic heterocycles. The molecule has 0 saturated carbocycles. The van der Waals surface area contributed by atoms with Crippen LogP contribution in [0.1, 0.15) is 25.3 Å². The van der Waals surface area contributed by atoms with E-state index in [2.05, 4.69) is 10.1 Å². The molecular formula is C12H15ClFN3O. The second kappa shape index (κ2) is 5.04. The maximum atomic E-state index is 13.1. The number of hydrogen-bond donors (Lipinski definition) is 1. The SMILES string of the molecule is Cc1cc(-c2noc(C(C)(C)N)n2)ccc1F.Cl. The minimum atomic E-state index is -0.680. The molecule has 1 aromatic carbocycles. The summed E-state index contributed by atoms with van der Waals surface area (Å²) in [7, 11) is 0. The Morgan fingerprint density at radius 3 is 2.50 bits per heavy atom. The van der Waals surface area contributed by atoms with Crippen LogP contribution in [0.4, 0.5) is 4.39 Å². The Morgan fingerprint density at radius 1 is 1.33 bits per heavy atom. The van der Waals surface area contributed by atoms with Crippen LogP contribution in [-0.2, 0) is 5.54 Å². The van der Waals surface area contributed by atoms with Gasteiger partial charge in [0, 0.05) is 5.56 Å². The van der Waals surface area contributed by atoms with E-state index >= 15 is 0 Å². The summed E-state index contributed by atoms with van der Waals surface area (Å²) in [5.41, 5.74) is 6.42. The average Bonchev–Trinajstić information content (AvgIpc) is 2.70. The summed E-state index contributed by atoms with van der Waals surface area (Å²) < 4.78 is 18.2. The van der Waals surface area contributed by atoms with Crippen molar-refractivity contribution in [1.29, 1.82) is 0 Å². The highest BCUT2D eigenvalue weighted by atomic mass is 35.5. The van der Waals surface area contributed by atoms with Gasteiger partial charge >= 0.3 is 0 Å². The predicted octanol–water partition coefficient (Wildman–Crippen LogP) is 2.80. The van der Waals surface area contributed by atoms with Crippen LogP contribution < -0.4 is 5.73 Å². The normalized spacial score (nSPS) is 11.2. The fraction of sp³-hybridized carbons (Fsp3) is 0.333. The van der Waals surface area contributed by atoms with Crippen molar-refractivity contribution in [2.75, 3.05) is 0 Å². The van der Waals surface area contributed by atoms with Gasteiger partial charge in [-0.25, -0.2) is 4.39 Å². The topological polar surface area (TPSA) is 64.9 Å². The van der Waals surface area contributed by atoms with Gasteiger partial charge in [-0.05, 0) is 44.5 Å². The Morgan fingerprint density at radius 2 is 2.00 bits per heavy atom. The monoisotopic (exact) mass is 271 g/mol.